The number of anilines is 1. The molecule has 0 radical (unpaired) electrons. The maximum Gasteiger partial charge on any atom is 0.150 e. The van der Waals surface area contributed by atoms with Crippen LogP contribution < -0.4 is 10.2 Å². The fraction of sp³-hybridized carbons (Fsp3) is 0.733. The van der Waals surface area contributed by atoms with Gasteiger partial charge in [0.15, 0.2) is 0 Å². The van der Waals surface area contributed by atoms with E-state index in [1.165, 1.54) is 19.3 Å². The summed E-state index contributed by atoms with van der Waals surface area (Å²) < 4.78 is 0. The molecule has 1 atom stereocenters. The number of aromatic nitrogens is 2. The van der Waals surface area contributed by atoms with E-state index in [0.717, 1.165) is 37.1 Å². The van der Waals surface area contributed by atoms with Crippen LogP contribution >= 0.6 is 0 Å². The van der Waals surface area contributed by atoms with Crippen LogP contribution in [0.15, 0.2) is 12.4 Å². The van der Waals surface area contributed by atoms with Crippen LogP contribution in [0.3, 0.4) is 0 Å². The minimum Gasteiger partial charge on any atom is -0.355 e. The van der Waals surface area contributed by atoms with Crippen LogP contribution in [-0.2, 0) is 0 Å². The molecule has 2 heterocycles. The Balaban J connectivity index is 1.87. The average molecular weight is 262 g/mol. The molecule has 1 aromatic heterocycles. The van der Waals surface area contributed by atoms with E-state index in [9.17, 15) is 0 Å². The topological polar surface area (TPSA) is 41.0 Å². The third-order valence-electron chi connectivity index (χ3n) is 4.12. The zero-order valence-corrected chi connectivity index (χ0v) is 12.4. The monoisotopic (exact) mass is 262 g/mol. The molecule has 0 bridgehead atoms. The van der Waals surface area contributed by atoms with E-state index in [4.69, 9.17) is 0 Å². The van der Waals surface area contributed by atoms with Gasteiger partial charge in [-0.2, -0.15) is 0 Å². The second-order valence-corrected chi connectivity index (χ2v) is 5.53. The minimum absolute atomic E-state index is 0.630. The van der Waals surface area contributed by atoms with Crippen LogP contribution in [0.25, 0.3) is 0 Å². The lowest BCUT2D eigenvalue weighted by atomic mass is 9.90. The Morgan fingerprint density at radius 1 is 1.32 bits per heavy atom. The maximum atomic E-state index is 4.47. The molecule has 1 N–H and O–H groups in total. The van der Waals surface area contributed by atoms with Gasteiger partial charge >= 0.3 is 0 Å². The first kappa shape index (κ1) is 14.3. The van der Waals surface area contributed by atoms with Crippen molar-refractivity contribution in [1.82, 2.24) is 15.3 Å². The highest BCUT2D eigenvalue weighted by Gasteiger charge is 2.24. The van der Waals surface area contributed by atoms with Gasteiger partial charge in [-0.3, -0.25) is 4.98 Å². The summed E-state index contributed by atoms with van der Waals surface area (Å²) in [7, 11) is 0. The molecule has 4 heteroatoms. The van der Waals surface area contributed by atoms with Gasteiger partial charge in [0.05, 0.1) is 5.69 Å². The molecule has 4 nitrogen and oxygen atoms in total. The van der Waals surface area contributed by atoms with Gasteiger partial charge in [0.1, 0.15) is 5.82 Å². The number of rotatable bonds is 5. The van der Waals surface area contributed by atoms with Gasteiger partial charge in [-0.05, 0) is 45.6 Å². The summed E-state index contributed by atoms with van der Waals surface area (Å²) in [5.41, 5.74) is 1.04. The summed E-state index contributed by atoms with van der Waals surface area (Å²) in [6.07, 6.45) is 7.26. The molecule has 106 valence electrons. The Hall–Kier alpha value is -1.16. The van der Waals surface area contributed by atoms with E-state index in [0.29, 0.717) is 6.04 Å². The second-order valence-electron chi connectivity index (χ2n) is 5.53. The predicted molar refractivity (Wildman–Crippen MR) is 79.5 cm³/mol. The van der Waals surface area contributed by atoms with Gasteiger partial charge in [-0.1, -0.05) is 6.92 Å². The van der Waals surface area contributed by atoms with Crippen molar-refractivity contribution in [2.45, 2.75) is 46.1 Å². The van der Waals surface area contributed by atoms with Crippen LogP contribution in [0.5, 0.6) is 0 Å². The number of nitrogens with one attached hydrogen (secondary N) is 1. The first-order chi connectivity index (χ1) is 9.22. The summed E-state index contributed by atoms with van der Waals surface area (Å²) in [6.45, 7) is 9.91. The molecule has 1 fully saturated rings. The molecule has 0 amide bonds. The summed E-state index contributed by atoms with van der Waals surface area (Å²) in [5.74, 6) is 1.86. The second kappa shape index (κ2) is 6.85. The predicted octanol–water partition coefficient (Wildman–Crippen LogP) is 2.39. The molecule has 1 aliphatic rings. The molecule has 2 rings (SSSR count). The quantitative estimate of drug-likeness (QED) is 0.884. The lowest BCUT2D eigenvalue weighted by Crippen LogP contribution is -2.42. The van der Waals surface area contributed by atoms with Crippen molar-refractivity contribution in [3.63, 3.8) is 0 Å². The first-order valence-electron chi connectivity index (χ1n) is 7.48. The van der Waals surface area contributed by atoms with E-state index in [-0.39, 0.29) is 0 Å². The average Bonchev–Trinajstić information content (AvgIpc) is 2.45. The smallest absolute Gasteiger partial charge is 0.150 e. The zero-order chi connectivity index (χ0) is 13.7. The molecule has 0 saturated carbocycles. The van der Waals surface area contributed by atoms with Crippen molar-refractivity contribution in [2.75, 3.05) is 24.5 Å². The molecule has 0 spiro atoms. The van der Waals surface area contributed by atoms with Crippen molar-refractivity contribution in [1.29, 1.82) is 0 Å². The SMILES string of the molecule is CCCNC(C)C1CCN(c2nccnc2C)CC1. The largest absolute Gasteiger partial charge is 0.355 e. The van der Waals surface area contributed by atoms with Gasteiger partial charge in [-0.25, -0.2) is 4.98 Å². The highest BCUT2D eigenvalue weighted by Crippen LogP contribution is 2.25. The minimum atomic E-state index is 0.630. The normalized spacial score (nSPS) is 18.6. The Morgan fingerprint density at radius 3 is 2.63 bits per heavy atom. The van der Waals surface area contributed by atoms with Gasteiger partial charge in [0, 0.05) is 31.5 Å². The van der Waals surface area contributed by atoms with Crippen molar-refractivity contribution in [2.24, 2.45) is 5.92 Å². The molecule has 0 aromatic carbocycles. The summed E-state index contributed by atoms with van der Waals surface area (Å²) >= 11 is 0. The third-order valence-corrected chi connectivity index (χ3v) is 4.12. The molecule has 0 aliphatic carbocycles. The van der Waals surface area contributed by atoms with Crippen LogP contribution in [0.4, 0.5) is 5.82 Å². The maximum absolute atomic E-state index is 4.47. The number of aryl methyl sites for hydroxylation is 1. The van der Waals surface area contributed by atoms with Gasteiger partial charge in [0.25, 0.3) is 0 Å². The van der Waals surface area contributed by atoms with Crippen LogP contribution in [0.1, 0.15) is 38.8 Å². The van der Waals surface area contributed by atoms with Gasteiger partial charge in [-0.15, -0.1) is 0 Å². The highest BCUT2D eigenvalue weighted by atomic mass is 15.2. The standard InChI is InChI=1S/C15H26N4/c1-4-7-16-12(2)14-5-10-19(11-6-14)15-13(3)17-8-9-18-15/h8-9,12,14,16H,4-7,10-11H2,1-3H3. The molecule has 1 unspecified atom stereocenters. The number of hydrogen-bond acceptors (Lipinski definition) is 4. The Bertz CT molecular complexity index is 385. The van der Waals surface area contributed by atoms with E-state index in [1.54, 1.807) is 12.4 Å². The lowest BCUT2D eigenvalue weighted by molar-refractivity contribution is 0.310. The van der Waals surface area contributed by atoms with E-state index in [2.05, 4.69) is 34.0 Å². The molecular formula is C15H26N4. The third kappa shape index (κ3) is 3.66. The molecule has 1 aliphatic heterocycles. The highest BCUT2D eigenvalue weighted by molar-refractivity contribution is 5.42. The Kier molecular flexibility index (Phi) is 5.14. The van der Waals surface area contributed by atoms with Crippen LogP contribution in [0.2, 0.25) is 0 Å². The van der Waals surface area contributed by atoms with Crippen molar-refractivity contribution in [3.8, 4) is 0 Å². The fourth-order valence-electron chi connectivity index (χ4n) is 2.86. The Morgan fingerprint density at radius 2 is 2.00 bits per heavy atom. The Labute approximate surface area is 116 Å². The number of hydrogen-bond donors (Lipinski definition) is 1. The number of piperidine rings is 1. The van der Waals surface area contributed by atoms with Gasteiger partial charge < -0.3 is 10.2 Å². The van der Waals surface area contributed by atoms with Gasteiger partial charge in [0.2, 0.25) is 0 Å². The van der Waals surface area contributed by atoms with Crippen LogP contribution in [-0.4, -0.2) is 35.6 Å². The summed E-state index contributed by atoms with van der Waals surface area (Å²) in [5, 5.41) is 3.62. The van der Waals surface area contributed by atoms with Crippen molar-refractivity contribution >= 4 is 5.82 Å². The molecule has 19 heavy (non-hydrogen) atoms. The molecular weight excluding hydrogens is 236 g/mol. The van der Waals surface area contributed by atoms with E-state index >= 15 is 0 Å². The summed E-state index contributed by atoms with van der Waals surface area (Å²) in [6, 6.07) is 0.630. The fourth-order valence-corrected chi connectivity index (χ4v) is 2.86. The molecule has 1 aromatic rings. The van der Waals surface area contributed by atoms with Crippen LogP contribution in [0, 0.1) is 12.8 Å². The lowest BCUT2D eigenvalue weighted by Gasteiger charge is -2.36. The van der Waals surface area contributed by atoms with E-state index in [1.807, 2.05) is 6.92 Å². The van der Waals surface area contributed by atoms with Crippen molar-refractivity contribution in [3.05, 3.63) is 18.1 Å². The first-order valence-corrected chi connectivity index (χ1v) is 7.48. The number of nitrogens with zero attached hydrogens (tertiary/aromatic N) is 3. The summed E-state index contributed by atoms with van der Waals surface area (Å²) in [4.78, 5) is 11.2. The van der Waals surface area contributed by atoms with Crippen molar-refractivity contribution < 1.29 is 0 Å². The molecule has 1 saturated heterocycles. The van der Waals surface area contributed by atoms with E-state index < -0.39 is 0 Å². The zero-order valence-electron chi connectivity index (χ0n) is 12.4.